The second-order valence-electron chi connectivity index (χ2n) is 0.750. The summed E-state index contributed by atoms with van der Waals surface area (Å²) in [6.45, 7) is 0. The number of rotatable bonds is 0. The molecule has 0 fully saturated rings. The molecule has 0 aromatic carbocycles. The van der Waals surface area contributed by atoms with Gasteiger partial charge in [-0.25, -0.2) is 0 Å². The maximum absolute atomic E-state index is 8.33. The summed E-state index contributed by atoms with van der Waals surface area (Å²) in [6.07, 6.45) is -7.00. The van der Waals surface area contributed by atoms with Crippen molar-refractivity contribution in [1.82, 2.24) is 0 Å². The molecule has 0 amide bonds. The molecule has 0 N–H and O–H groups in total. The van der Waals surface area contributed by atoms with Gasteiger partial charge in [-0.3, -0.25) is 0 Å². The molecule has 0 heterocycles. The van der Waals surface area contributed by atoms with Crippen molar-refractivity contribution in [1.29, 1.82) is 0 Å². The molecular weight excluding hydrogens is 605 g/mol. The molecule has 0 spiro atoms. The second-order valence-corrected chi connectivity index (χ2v) is 0.750. The van der Waals surface area contributed by atoms with Gasteiger partial charge < -0.3 is 59.1 Å². The topological polar surface area (TPSA) is 190 Å². The first-order valence-electron chi connectivity index (χ1n) is 1.84. The summed E-state index contributed by atoms with van der Waals surface area (Å²) in [6, 6.07) is 0. The van der Waals surface area contributed by atoms with Crippen molar-refractivity contribution in [3.05, 3.63) is 0 Å². The molecule has 0 rings (SSSR count). The van der Waals surface area contributed by atoms with Gasteiger partial charge in [-0.1, -0.05) is 0 Å². The molecule has 0 atom stereocenters. The molecule has 0 aliphatic rings. The molecule has 9 nitrogen and oxygen atoms in total. The SMILES string of the molecule is O=C([O-])[O-].O=C([O-])[O-].O=C([O-])[O-].[Ce+3].[F-].[F-].[F-].[La+3].[Y+3]. The first kappa shape index (κ1) is 61.0. The third kappa shape index (κ3) is 2810. The fraction of sp³-hybridized carbons (Fsp3) is 0. The zero-order valence-corrected chi connectivity index (χ0v) is 17.6. The fourth-order valence-corrected chi connectivity index (χ4v) is 0. The largest absolute Gasteiger partial charge is 3.00 e. The van der Waals surface area contributed by atoms with Crippen LogP contribution in [-0.2, 0) is 32.7 Å². The summed E-state index contributed by atoms with van der Waals surface area (Å²) in [5.41, 5.74) is 0. The van der Waals surface area contributed by atoms with Crippen LogP contribution < -0.4 is 44.8 Å². The van der Waals surface area contributed by atoms with Gasteiger partial charge in [0.25, 0.3) is 0 Å². The normalized spacial score (nSPS) is 4.00. The van der Waals surface area contributed by atoms with Gasteiger partial charge in [0, 0.05) is 0 Å². The number of carbonyl (C=O) groups excluding carboxylic acids is 3. The van der Waals surface area contributed by atoms with Gasteiger partial charge in [0.15, 0.2) is 0 Å². The third-order valence-electron chi connectivity index (χ3n) is 0. The van der Waals surface area contributed by atoms with Crippen LogP contribution in [0.5, 0.6) is 0 Å². The van der Waals surface area contributed by atoms with Crippen LogP contribution >= 0.6 is 0 Å². The molecule has 15 heteroatoms. The monoisotopic (exact) mass is 605 g/mol. The number of hydrogen-bond donors (Lipinski definition) is 0. The van der Waals surface area contributed by atoms with E-state index in [0.29, 0.717) is 0 Å². The Labute approximate surface area is 184 Å². The summed E-state index contributed by atoms with van der Waals surface area (Å²) >= 11 is 0. The van der Waals surface area contributed by atoms with Crippen LogP contribution in [0, 0.1) is 77.3 Å². The minimum atomic E-state index is -2.33. The maximum Gasteiger partial charge on any atom is 3.00 e. The standard InChI is InChI=1S/3CH2O3.Ce.3FH.La.Y/c3*2-1(3)4;;;;;;/h3*(H2,2,3,4);;3*1H;;/q;;;+3;;;;2*+3/p-9. The minimum absolute atomic E-state index is 0. The first-order valence-corrected chi connectivity index (χ1v) is 1.84. The van der Waals surface area contributed by atoms with E-state index in [1.807, 2.05) is 0 Å². The van der Waals surface area contributed by atoms with Gasteiger partial charge in [-0.05, 0) is 18.5 Å². The summed E-state index contributed by atoms with van der Waals surface area (Å²) in [5.74, 6) is 0. The Bertz CT molecular complexity index is 135. The summed E-state index contributed by atoms with van der Waals surface area (Å²) in [7, 11) is 0. The van der Waals surface area contributed by atoms with Crippen LogP contribution in [0.1, 0.15) is 0 Å². The van der Waals surface area contributed by atoms with Gasteiger partial charge in [0.2, 0.25) is 0 Å². The summed E-state index contributed by atoms with van der Waals surface area (Å²) in [5, 5.41) is 50.0. The van der Waals surface area contributed by atoms with Crippen molar-refractivity contribution in [2.75, 3.05) is 0 Å². The molecule has 0 aromatic rings. The summed E-state index contributed by atoms with van der Waals surface area (Å²) < 4.78 is 0. The molecule has 1 radical (unpaired) electrons. The third-order valence-corrected chi connectivity index (χ3v) is 0. The fourth-order valence-electron chi connectivity index (χ4n) is 0. The van der Waals surface area contributed by atoms with Crippen LogP contribution in [0.15, 0.2) is 0 Å². The molecule has 0 aromatic heterocycles. The van der Waals surface area contributed by atoms with Gasteiger partial charge in [-0.2, -0.15) is 0 Å². The van der Waals surface area contributed by atoms with E-state index in [2.05, 4.69) is 0 Å². The Balaban J connectivity index is -0.00000000827. The van der Waals surface area contributed by atoms with Crippen LogP contribution in [-0.4, -0.2) is 18.5 Å². The summed E-state index contributed by atoms with van der Waals surface area (Å²) in [4.78, 5) is 25.0. The van der Waals surface area contributed by atoms with Gasteiger partial charge in [-0.15, -0.1) is 0 Å². The first-order chi connectivity index (χ1) is 5.20. The molecule has 97 valence electrons. The quantitative estimate of drug-likeness (QED) is 0.258. The zero-order valence-electron chi connectivity index (χ0n) is 7.96. The maximum atomic E-state index is 8.33. The number of halogens is 3. The Kier molecular flexibility index (Phi) is 175. The average Bonchev–Trinajstić information content (AvgIpc) is 1.54. The number of carbonyl (C=O) groups is 3. The number of carboxylic acid groups (broad SMARTS) is 6. The van der Waals surface area contributed by atoms with Crippen molar-refractivity contribution in [3.63, 3.8) is 0 Å². The van der Waals surface area contributed by atoms with Crippen molar-refractivity contribution in [2.24, 2.45) is 0 Å². The van der Waals surface area contributed by atoms with E-state index >= 15 is 0 Å². The van der Waals surface area contributed by atoms with Crippen LogP contribution in [0.25, 0.3) is 0 Å². The average molecular weight is 605 g/mol. The van der Waals surface area contributed by atoms with E-state index in [9.17, 15) is 0 Å². The molecular formula is C3CeF3LaO9Y. The smallest absolute Gasteiger partial charge is 1.00 e. The molecule has 0 bridgehead atoms. The Morgan fingerprint density at radius 3 is 0.556 bits per heavy atom. The van der Waals surface area contributed by atoms with Crippen molar-refractivity contribution < 1.29 is 169 Å². The van der Waals surface area contributed by atoms with Crippen molar-refractivity contribution in [2.45, 2.75) is 0 Å². The number of hydrogen-bond acceptors (Lipinski definition) is 9. The zero-order chi connectivity index (χ0) is 10.7. The molecule has 0 unspecified atom stereocenters. The second kappa shape index (κ2) is 51.7. The van der Waals surface area contributed by atoms with E-state index in [1.54, 1.807) is 0 Å². The van der Waals surface area contributed by atoms with E-state index in [4.69, 9.17) is 45.0 Å². The Hall–Kier alpha value is 1.28. The molecule has 0 saturated heterocycles. The predicted octanol–water partition coefficient (Wildman–Crippen LogP) is -16.3. The van der Waals surface area contributed by atoms with E-state index in [1.165, 1.54) is 0 Å². The molecule has 0 aliphatic carbocycles. The van der Waals surface area contributed by atoms with Gasteiger partial charge >= 0.3 is 110 Å². The minimum Gasteiger partial charge on any atom is -1.00 e. The van der Waals surface area contributed by atoms with E-state index in [-0.39, 0.29) is 124 Å². The Morgan fingerprint density at radius 2 is 0.556 bits per heavy atom. The van der Waals surface area contributed by atoms with Crippen LogP contribution in [0.3, 0.4) is 0 Å². The van der Waals surface area contributed by atoms with Crippen molar-refractivity contribution >= 4 is 18.5 Å². The van der Waals surface area contributed by atoms with Gasteiger partial charge in [0.05, 0.1) is 0 Å². The molecule has 18 heavy (non-hydrogen) atoms. The van der Waals surface area contributed by atoms with Crippen LogP contribution in [0.2, 0.25) is 0 Å². The predicted molar refractivity (Wildman–Crippen MR) is 16.2 cm³/mol. The Morgan fingerprint density at radius 1 is 0.556 bits per heavy atom. The van der Waals surface area contributed by atoms with Crippen LogP contribution in [0.4, 0.5) is 14.4 Å². The van der Waals surface area contributed by atoms with E-state index < -0.39 is 18.5 Å². The van der Waals surface area contributed by atoms with E-state index in [0.717, 1.165) is 0 Å². The van der Waals surface area contributed by atoms with Crippen molar-refractivity contribution in [3.8, 4) is 0 Å². The van der Waals surface area contributed by atoms with Gasteiger partial charge in [0.1, 0.15) is 0 Å². The molecule has 0 aliphatic heterocycles. The molecule has 0 saturated carbocycles.